The average Bonchev–Trinajstić information content (AvgIpc) is 2.46. The fourth-order valence-corrected chi connectivity index (χ4v) is 4.28. The number of nitrogens with zero attached hydrogens (tertiary/aromatic N) is 1. The maximum Gasteiger partial charge on any atom is 0.262 e. The number of halogens is 1. The van der Waals surface area contributed by atoms with Gasteiger partial charge in [0.1, 0.15) is 0 Å². The normalized spacial score (nSPS) is 15.1. The van der Waals surface area contributed by atoms with E-state index in [1.165, 1.54) is 0 Å². The minimum atomic E-state index is -3.56. The summed E-state index contributed by atoms with van der Waals surface area (Å²) in [4.78, 5) is 4.66. The van der Waals surface area contributed by atoms with Gasteiger partial charge in [0.25, 0.3) is 10.0 Å². The molecule has 0 fully saturated rings. The Balaban J connectivity index is 2.15. The molecule has 4 rings (SSSR count). The zero-order valence-corrected chi connectivity index (χ0v) is 13.1. The van der Waals surface area contributed by atoms with Crippen molar-refractivity contribution in [3.8, 4) is 11.1 Å². The summed E-state index contributed by atoms with van der Waals surface area (Å²) in [6.45, 7) is 0. The molecule has 0 saturated heterocycles. The minimum absolute atomic E-state index is 0.300. The number of aromatic nitrogens is 1. The van der Waals surface area contributed by atoms with E-state index in [-0.39, 0.29) is 0 Å². The van der Waals surface area contributed by atoms with E-state index < -0.39 is 10.0 Å². The van der Waals surface area contributed by atoms with Crippen molar-refractivity contribution in [3.05, 3.63) is 53.1 Å². The van der Waals surface area contributed by atoms with E-state index in [9.17, 15) is 8.42 Å². The zero-order chi connectivity index (χ0) is 14.6. The first-order chi connectivity index (χ1) is 10.1. The lowest BCUT2D eigenvalue weighted by Crippen LogP contribution is -2.19. The first kappa shape index (κ1) is 12.8. The van der Waals surface area contributed by atoms with Crippen LogP contribution in [-0.2, 0) is 10.0 Å². The maximum atomic E-state index is 12.4. The highest BCUT2D eigenvalue weighted by molar-refractivity contribution is 9.10. The van der Waals surface area contributed by atoms with Crippen molar-refractivity contribution >= 4 is 42.5 Å². The van der Waals surface area contributed by atoms with Gasteiger partial charge in [-0.05, 0) is 28.1 Å². The highest BCUT2D eigenvalue weighted by Gasteiger charge is 2.28. The second kappa shape index (κ2) is 4.29. The average molecular weight is 361 g/mol. The molecule has 0 atom stereocenters. The number of hydrogen-bond donors (Lipinski definition) is 1. The molecule has 2 aromatic carbocycles. The predicted octanol–water partition coefficient (Wildman–Crippen LogP) is 3.78. The highest BCUT2D eigenvalue weighted by atomic mass is 79.9. The molecule has 0 radical (unpaired) electrons. The second-order valence-corrected chi connectivity index (χ2v) is 7.38. The number of benzene rings is 2. The van der Waals surface area contributed by atoms with Gasteiger partial charge in [-0.25, -0.2) is 8.42 Å². The molecule has 6 heteroatoms. The van der Waals surface area contributed by atoms with E-state index in [1.807, 2.05) is 30.3 Å². The number of anilines is 1. The molecule has 1 N–H and O–H groups in total. The van der Waals surface area contributed by atoms with E-state index in [0.717, 1.165) is 15.4 Å². The van der Waals surface area contributed by atoms with E-state index in [0.29, 0.717) is 21.7 Å². The Hall–Kier alpha value is -1.92. The van der Waals surface area contributed by atoms with Crippen LogP contribution in [0.1, 0.15) is 0 Å². The summed E-state index contributed by atoms with van der Waals surface area (Å²) >= 11 is 3.38. The molecule has 1 aliphatic heterocycles. The molecular formula is C15H9BrN2O2S. The van der Waals surface area contributed by atoms with Crippen LogP contribution in [-0.4, -0.2) is 13.4 Å². The Kier molecular flexibility index (Phi) is 2.61. The lowest BCUT2D eigenvalue weighted by Gasteiger charge is -2.22. The molecule has 21 heavy (non-hydrogen) atoms. The largest absolute Gasteiger partial charge is 0.277 e. The van der Waals surface area contributed by atoms with Gasteiger partial charge in [-0.3, -0.25) is 9.71 Å². The molecular weight excluding hydrogens is 352 g/mol. The van der Waals surface area contributed by atoms with E-state index in [4.69, 9.17) is 0 Å². The van der Waals surface area contributed by atoms with Gasteiger partial charge in [-0.2, -0.15) is 0 Å². The van der Waals surface area contributed by atoms with Gasteiger partial charge in [0.15, 0.2) is 0 Å². The third kappa shape index (κ3) is 1.86. The van der Waals surface area contributed by atoms with Crippen molar-refractivity contribution in [2.45, 2.75) is 4.90 Å². The lowest BCUT2D eigenvalue weighted by molar-refractivity contribution is 0.601. The van der Waals surface area contributed by atoms with Gasteiger partial charge in [-0.1, -0.05) is 30.3 Å². The van der Waals surface area contributed by atoms with Crippen molar-refractivity contribution in [3.63, 3.8) is 0 Å². The van der Waals surface area contributed by atoms with Gasteiger partial charge in [0, 0.05) is 27.2 Å². The van der Waals surface area contributed by atoms with Crippen molar-refractivity contribution in [1.82, 2.24) is 4.98 Å². The summed E-state index contributed by atoms with van der Waals surface area (Å²) in [6.07, 6.45) is 1.66. The first-order valence-electron chi connectivity index (χ1n) is 6.27. The van der Waals surface area contributed by atoms with Crippen molar-refractivity contribution in [1.29, 1.82) is 0 Å². The number of nitrogens with one attached hydrogen (secondary N) is 1. The Labute approximate surface area is 130 Å². The van der Waals surface area contributed by atoms with Crippen LogP contribution >= 0.6 is 15.9 Å². The van der Waals surface area contributed by atoms with Crippen LogP contribution in [0.4, 0.5) is 5.69 Å². The van der Waals surface area contributed by atoms with Crippen LogP contribution in [0.25, 0.3) is 22.0 Å². The first-order valence-corrected chi connectivity index (χ1v) is 8.54. The Bertz CT molecular complexity index is 1000. The van der Waals surface area contributed by atoms with Gasteiger partial charge in [0.2, 0.25) is 0 Å². The molecule has 0 bridgehead atoms. The smallest absolute Gasteiger partial charge is 0.262 e. The standard InChI is InChI=1S/C15H9BrN2O2S/c16-10-7-9-5-6-12-11-3-1-2-4-13(11)21(19,20)18-15(12)14(9)17-8-10/h1-8,18H. The molecule has 0 amide bonds. The topological polar surface area (TPSA) is 59.1 Å². The minimum Gasteiger partial charge on any atom is -0.277 e. The molecule has 1 aromatic heterocycles. The van der Waals surface area contributed by atoms with Crippen molar-refractivity contribution in [2.24, 2.45) is 0 Å². The number of pyridine rings is 1. The zero-order valence-electron chi connectivity index (χ0n) is 10.7. The van der Waals surface area contributed by atoms with Crippen molar-refractivity contribution in [2.75, 3.05) is 4.72 Å². The lowest BCUT2D eigenvalue weighted by atomic mass is 10.0. The highest BCUT2D eigenvalue weighted by Crippen LogP contribution is 2.42. The van der Waals surface area contributed by atoms with E-state index in [1.54, 1.807) is 18.3 Å². The maximum absolute atomic E-state index is 12.4. The third-order valence-electron chi connectivity index (χ3n) is 3.52. The molecule has 0 unspecified atom stereocenters. The Morgan fingerprint density at radius 1 is 1.05 bits per heavy atom. The van der Waals surface area contributed by atoms with Crippen LogP contribution in [0.3, 0.4) is 0 Å². The summed E-state index contributed by atoms with van der Waals surface area (Å²) < 4.78 is 28.3. The predicted molar refractivity (Wildman–Crippen MR) is 85.7 cm³/mol. The molecule has 0 aliphatic carbocycles. The molecule has 4 nitrogen and oxygen atoms in total. The summed E-state index contributed by atoms with van der Waals surface area (Å²) in [7, 11) is -3.56. The van der Waals surface area contributed by atoms with Gasteiger partial charge in [0.05, 0.1) is 16.1 Å². The molecule has 1 aliphatic rings. The van der Waals surface area contributed by atoms with E-state index >= 15 is 0 Å². The van der Waals surface area contributed by atoms with Crippen LogP contribution in [0.5, 0.6) is 0 Å². The molecule has 2 heterocycles. The van der Waals surface area contributed by atoms with Crippen LogP contribution in [0.2, 0.25) is 0 Å². The second-order valence-electron chi connectivity index (χ2n) is 4.82. The fraction of sp³-hybridized carbons (Fsp3) is 0. The SMILES string of the molecule is O=S1(=O)Nc2c(ccc3cc(Br)cnc23)-c2ccccc21. The van der Waals surface area contributed by atoms with Gasteiger partial charge >= 0.3 is 0 Å². The third-order valence-corrected chi connectivity index (χ3v) is 5.36. The van der Waals surface area contributed by atoms with Gasteiger partial charge < -0.3 is 0 Å². The van der Waals surface area contributed by atoms with Gasteiger partial charge in [-0.15, -0.1) is 0 Å². The summed E-state index contributed by atoms with van der Waals surface area (Å²) in [5.74, 6) is 0. The monoisotopic (exact) mass is 360 g/mol. The Morgan fingerprint density at radius 2 is 1.86 bits per heavy atom. The molecule has 0 saturated carbocycles. The van der Waals surface area contributed by atoms with E-state index in [2.05, 4.69) is 25.6 Å². The summed E-state index contributed by atoms with van der Waals surface area (Å²) in [5.41, 5.74) is 2.74. The molecule has 3 aromatic rings. The number of sulfonamides is 1. The number of rotatable bonds is 0. The molecule has 104 valence electrons. The van der Waals surface area contributed by atoms with Crippen LogP contribution in [0.15, 0.2) is 58.0 Å². The summed E-state index contributed by atoms with van der Waals surface area (Å²) in [5, 5.41) is 0.880. The van der Waals surface area contributed by atoms with Crippen LogP contribution < -0.4 is 4.72 Å². The summed E-state index contributed by atoms with van der Waals surface area (Å²) in [6, 6.07) is 12.8. The number of fused-ring (bicyclic) bond motifs is 5. The number of hydrogen-bond acceptors (Lipinski definition) is 3. The Morgan fingerprint density at radius 3 is 2.71 bits per heavy atom. The van der Waals surface area contributed by atoms with Crippen LogP contribution in [0, 0.1) is 0 Å². The molecule has 0 spiro atoms. The van der Waals surface area contributed by atoms with Crippen molar-refractivity contribution < 1.29 is 8.42 Å². The quantitative estimate of drug-likeness (QED) is 0.663. The fourth-order valence-electron chi connectivity index (χ4n) is 2.62.